The number of ether oxygens (including phenoxy) is 2. The lowest BCUT2D eigenvalue weighted by Crippen LogP contribution is -3.00. The van der Waals surface area contributed by atoms with Crippen LogP contribution in [0.4, 0.5) is 0 Å². The lowest BCUT2D eigenvalue weighted by Gasteiger charge is -2.33. The predicted molar refractivity (Wildman–Crippen MR) is 104 cm³/mol. The molecule has 7 heteroatoms. The van der Waals surface area contributed by atoms with E-state index in [-0.39, 0.29) is 41.5 Å². The van der Waals surface area contributed by atoms with Gasteiger partial charge in [-0.25, -0.2) is 9.59 Å². The van der Waals surface area contributed by atoms with Crippen molar-refractivity contribution < 1.29 is 45.6 Å². The standard InChI is InChI=1S/C22H32NO5.BrH/c1-3-27-20(24)16-23(2)14-13-19(15-23)28-21(25)22(26,18-11-7-8-12-18)17-9-5-4-6-10-17;/h4-6,9-10,18-19,26H,3,7-8,11-16H2,1-2H3;1H/q+1;/p-1/t19-,22?,23-;/m1./s1. The van der Waals surface area contributed by atoms with Crippen LogP contribution in [0, 0.1) is 5.92 Å². The summed E-state index contributed by atoms with van der Waals surface area (Å²) in [4.78, 5) is 25.0. The number of nitrogens with zero attached hydrogens (tertiary/aromatic N) is 1. The Bertz CT molecular complexity index is 694. The molecule has 0 aromatic heterocycles. The predicted octanol–water partition coefficient (Wildman–Crippen LogP) is -0.606. The number of hydrogen-bond donors (Lipinski definition) is 1. The molecule has 0 bridgehead atoms. The average Bonchev–Trinajstić information content (AvgIpc) is 3.32. The Kier molecular flexibility index (Phi) is 8.26. The first-order chi connectivity index (χ1) is 13.4. The van der Waals surface area contributed by atoms with E-state index in [1.54, 1.807) is 19.1 Å². The van der Waals surface area contributed by atoms with Gasteiger partial charge in [0, 0.05) is 12.3 Å². The summed E-state index contributed by atoms with van der Waals surface area (Å²) >= 11 is 0. The van der Waals surface area contributed by atoms with E-state index in [9.17, 15) is 14.7 Å². The molecule has 1 heterocycles. The van der Waals surface area contributed by atoms with Gasteiger partial charge in [-0.15, -0.1) is 0 Å². The number of likely N-dealkylation sites (N-methyl/N-ethyl adjacent to an activating group) is 1. The summed E-state index contributed by atoms with van der Waals surface area (Å²) in [5.74, 6) is -0.909. The fourth-order valence-corrected chi connectivity index (χ4v) is 4.69. The number of hydrogen-bond acceptors (Lipinski definition) is 5. The SMILES string of the molecule is CCOC(=O)C[N@+]1(C)CC[C@@H](OC(=O)C(O)(c2ccccc2)C2CCCC2)C1.[Br-]. The number of carbonyl (C=O) groups excluding carboxylic acids is 2. The number of carbonyl (C=O) groups is 2. The van der Waals surface area contributed by atoms with Gasteiger partial charge in [-0.1, -0.05) is 43.2 Å². The highest BCUT2D eigenvalue weighted by molar-refractivity contribution is 5.81. The number of rotatable bonds is 7. The van der Waals surface area contributed by atoms with E-state index >= 15 is 0 Å². The Labute approximate surface area is 183 Å². The van der Waals surface area contributed by atoms with Crippen LogP contribution in [0.5, 0.6) is 0 Å². The molecule has 0 amide bonds. The molecule has 1 N–H and O–H groups in total. The van der Waals surface area contributed by atoms with Crippen molar-refractivity contribution in [2.45, 2.75) is 50.7 Å². The van der Waals surface area contributed by atoms with Crippen molar-refractivity contribution in [2.24, 2.45) is 5.92 Å². The van der Waals surface area contributed by atoms with E-state index in [1.165, 1.54) is 0 Å². The molecule has 3 rings (SSSR count). The van der Waals surface area contributed by atoms with Crippen LogP contribution in [0.1, 0.15) is 44.6 Å². The first kappa shape index (κ1) is 23.8. The number of quaternary nitrogens is 1. The quantitative estimate of drug-likeness (QED) is 0.426. The van der Waals surface area contributed by atoms with Crippen molar-refractivity contribution in [3.05, 3.63) is 35.9 Å². The molecule has 1 saturated heterocycles. The Hall–Kier alpha value is -1.44. The molecule has 1 aromatic rings. The molecule has 1 saturated carbocycles. The third-order valence-corrected chi connectivity index (χ3v) is 6.20. The Morgan fingerprint density at radius 2 is 1.83 bits per heavy atom. The summed E-state index contributed by atoms with van der Waals surface area (Å²) < 4.78 is 11.4. The molecule has 3 atom stereocenters. The second-order valence-corrected chi connectivity index (χ2v) is 8.42. The molecule has 162 valence electrons. The molecule has 1 aliphatic heterocycles. The fourth-order valence-electron chi connectivity index (χ4n) is 4.69. The van der Waals surface area contributed by atoms with E-state index < -0.39 is 11.6 Å². The van der Waals surface area contributed by atoms with Crippen molar-refractivity contribution in [1.82, 2.24) is 0 Å². The van der Waals surface area contributed by atoms with E-state index in [1.807, 2.05) is 25.2 Å². The van der Waals surface area contributed by atoms with E-state index in [2.05, 4.69) is 0 Å². The first-order valence-corrected chi connectivity index (χ1v) is 10.4. The highest BCUT2D eigenvalue weighted by Gasteiger charge is 2.50. The van der Waals surface area contributed by atoms with Crippen LogP contribution in [0.15, 0.2) is 30.3 Å². The van der Waals surface area contributed by atoms with Crippen molar-refractivity contribution in [3.63, 3.8) is 0 Å². The highest BCUT2D eigenvalue weighted by atomic mass is 79.9. The zero-order valence-electron chi connectivity index (χ0n) is 17.3. The van der Waals surface area contributed by atoms with Gasteiger partial charge in [-0.2, -0.15) is 0 Å². The molecule has 2 fully saturated rings. The minimum atomic E-state index is -1.61. The fraction of sp³-hybridized carbons (Fsp3) is 0.636. The molecule has 1 aromatic carbocycles. The lowest BCUT2D eigenvalue weighted by molar-refractivity contribution is -0.891. The molecule has 0 radical (unpaired) electrons. The maximum atomic E-state index is 13.2. The minimum Gasteiger partial charge on any atom is -1.00 e. The van der Waals surface area contributed by atoms with E-state index in [4.69, 9.17) is 9.47 Å². The van der Waals surface area contributed by atoms with Gasteiger partial charge >= 0.3 is 11.9 Å². The number of aliphatic hydroxyl groups is 1. The minimum absolute atomic E-state index is 0. The molecular formula is C22H32BrNO5. The number of halogens is 1. The molecule has 1 unspecified atom stereocenters. The molecular weight excluding hydrogens is 438 g/mol. The van der Waals surface area contributed by atoms with Crippen LogP contribution < -0.4 is 17.0 Å². The second kappa shape index (κ2) is 10.0. The van der Waals surface area contributed by atoms with Crippen LogP contribution >= 0.6 is 0 Å². The number of likely N-dealkylation sites (tertiary alicyclic amines) is 1. The second-order valence-electron chi connectivity index (χ2n) is 8.42. The van der Waals surface area contributed by atoms with Crippen LogP contribution in [-0.4, -0.2) is 60.9 Å². The largest absolute Gasteiger partial charge is 1.00 e. The topological polar surface area (TPSA) is 72.8 Å². The zero-order valence-corrected chi connectivity index (χ0v) is 18.9. The van der Waals surface area contributed by atoms with Crippen molar-refractivity contribution >= 4 is 11.9 Å². The highest BCUT2D eigenvalue weighted by Crippen LogP contribution is 2.42. The van der Waals surface area contributed by atoms with Crippen LogP contribution in [0.25, 0.3) is 0 Å². The van der Waals surface area contributed by atoms with E-state index in [0.717, 1.165) is 32.2 Å². The van der Waals surface area contributed by atoms with Gasteiger partial charge in [0.25, 0.3) is 0 Å². The van der Waals surface area contributed by atoms with Gasteiger partial charge in [0.1, 0.15) is 6.54 Å². The van der Waals surface area contributed by atoms with Gasteiger partial charge < -0.3 is 36.0 Å². The first-order valence-electron chi connectivity index (χ1n) is 10.4. The van der Waals surface area contributed by atoms with Crippen molar-refractivity contribution in [2.75, 3.05) is 33.3 Å². The number of benzene rings is 1. The normalized spacial score (nSPS) is 26.4. The average molecular weight is 470 g/mol. The Balaban J connectivity index is 0.00000300. The van der Waals surface area contributed by atoms with Crippen LogP contribution in [0.2, 0.25) is 0 Å². The number of esters is 2. The van der Waals surface area contributed by atoms with Gasteiger partial charge in [-0.3, -0.25) is 0 Å². The zero-order chi connectivity index (χ0) is 20.2. The Morgan fingerprint density at radius 3 is 2.45 bits per heavy atom. The van der Waals surface area contributed by atoms with Gasteiger partial charge in [0.15, 0.2) is 18.2 Å². The van der Waals surface area contributed by atoms with Gasteiger partial charge in [0.2, 0.25) is 0 Å². The monoisotopic (exact) mass is 469 g/mol. The van der Waals surface area contributed by atoms with Crippen molar-refractivity contribution in [3.8, 4) is 0 Å². The third-order valence-electron chi connectivity index (χ3n) is 6.20. The summed E-state index contributed by atoms with van der Waals surface area (Å²) in [6.45, 7) is 3.72. The van der Waals surface area contributed by atoms with E-state index in [0.29, 0.717) is 29.6 Å². The summed E-state index contributed by atoms with van der Waals surface area (Å²) in [7, 11) is 1.98. The summed E-state index contributed by atoms with van der Waals surface area (Å²) in [6, 6.07) is 9.15. The van der Waals surface area contributed by atoms with Gasteiger partial charge in [0.05, 0.1) is 20.2 Å². The lowest BCUT2D eigenvalue weighted by atomic mass is 9.80. The molecule has 1 aliphatic carbocycles. The van der Waals surface area contributed by atoms with Crippen LogP contribution in [-0.2, 0) is 24.7 Å². The molecule has 2 aliphatic rings. The third kappa shape index (κ3) is 5.38. The van der Waals surface area contributed by atoms with Crippen LogP contribution in [0.3, 0.4) is 0 Å². The summed E-state index contributed by atoms with van der Waals surface area (Å²) in [6.07, 6.45) is 4.06. The summed E-state index contributed by atoms with van der Waals surface area (Å²) in [5, 5.41) is 11.5. The smallest absolute Gasteiger partial charge is 0.361 e. The molecule has 0 spiro atoms. The summed E-state index contributed by atoms with van der Waals surface area (Å²) in [5.41, 5.74) is -1.00. The van der Waals surface area contributed by atoms with Crippen molar-refractivity contribution in [1.29, 1.82) is 0 Å². The maximum absolute atomic E-state index is 13.2. The molecule has 29 heavy (non-hydrogen) atoms. The Morgan fingerprint density at radius 1 is 1.17 bits per heavy atom. The van der Waals surface area contributed by atoms with Gasteiger partial charge in [-0.05, 0) is 25.3 Å². The maximum Gasteiger partial charge on any atom is 0.361 e. The molecule has 6 nitrogen and oxygen atoms in total.